The van der Waals surface area contributed by atoms with Crippen LogP contribution in [0.5, 0.6) is 0 Å². The lowest BCUT2D eigenvalue weighted by atomic mass is 9.96. The number of nitrogens with two attached hydrogens (primary N) is 1. The van der Waals surface area contributed by atoms with Crippen molar-refractivity contribution in [1.29, 1.82) is 0 Å². The maximum Gasteiger partial charge on any atom is 0.228 e. The van der Waals surface area contributed by atoms with Gasteiger partial charge in [-0.15, -0.1) is 0 Å². The van der Waals surface area contributed by atoms with Gasteiger partial charge in [-0.25, -0.2) is 0 Å². The monoisotopic (exact) mass is 262 g/mol. The number of amides is 1. The fraction of sp³-hybridized carbons (Fsp3) is 0.467. The highest BCUT2D eigenvalue weighted by Gasteiger charge is 2.18. The third-order valence-corrected chi connectivity index (χ3v) is 2.95. The Morgan fingerprint density at radius 1 is 1.32 bits per heavy atom. The minimum Gasteiger partial charge on any atom is -0.330 e. The number of benzene rings is 1. The van der Waals surface area contributed by atoms with Gasteiger partial charge in [0.25, 0.3) is 0 Å². The number of carbonyl (C=O) groups excluding carboxylic acids is 2. The van der Waals surface area contributed by atoms with Gasteiger partial charge in [0.15, 0.2) is 5.78 Å². The third kappa shape index (κ3) is 4.83. The van der Waals surface area contributed by atoms with E-state index in [1.807, 2.05) is 0 Å². The molecule has 1 aromatic rings. The molecule has 1 unspecified atom stereocenters. The molecule has 1 atom stereocenters. The highest BCUT2D eigenvalue weighted by Crippen LogP contribution is 2.16. The van der Waals surface area contributed by atoms with E-state index in [-0.39, 0.29) is 17.6 Å². The molecule has 0 heterocycles. The second kappa shape index (κ2) is 7.04. The molecular weight excluding hydrogens is 240 g/mol. The zero-order valence-corrected chi connectivity index (χ0v) is 11.8. The van der Waals surface area contributed by atoms with Crippen LogP contribution in [0.15, 0.2) is 24.3 Å². The molecule has 19 heavy (non-hydrogen) atoms. The topological polar surface area (TPSA) is 72.2 Å². The van der Waals surface area contributed by atoms with Crippen LogP contribution in [0.4, 0.5) is 5.69 Å². The molecule has 4 nitrogen and oxygen atoms in total. The van der Waals surface area contributed by atoms with Gasteiger partial charge in [0.1, 0.15) is 0 Å². The predicted octanol–water partition coefficient (Wildman–Crippen LogP) is 2.45. The van der Waals surface area contributed by atoms with Gasteiger partial charge in [0.05, 0.1) is 5.92 Å². The molecule has 3 N–H and O–H groups in total. The minimum absolute atomic E-state index is 0.0198. The van der Waals surface area contributed by atoms with Gasteiger partial charge in [-0.05, 0) is 31.4 Å². The van der Waals surface area contributed by atoms with Gasteiger partial charge in [-0.1, -0.05) is 26.0 Å². The summed E-state index contributed by atoms with van der Waals surface area (Å²) in [5, 5.41) is 2.82. The number of carbonyl (C=O) groups is 2. The Bertz CT molecular complexity index is 455. The Balaban J connectivity index is 2.75. The Hall–Kier alpha value is -1.68. The van der Waals surface area contributed by atoms with Crippen LogP contribution < -0.4 is 11.1 Å². The lowest BCUT2D eigenvalue weighted by molar-refractivity contribution is -0.120. The number of rotatable bonds is 6. The normalized spacial score (nSPS) is 12.3. The second-order valence-electron chi connectivity index (χ2n) is 5.19. The Morgan fingerprint density at radius 2 is 2.00 bits per heavy atom. The second-order valence-corrected chi connectivity index (χ2v) is 5.19. The van der Waals surface area contributed by atoms with Crippen LogP contribution in [0.3, 0.4) is 0 Å². The van der Waals surface area contributed by atoms with Crippen molar-refractivity contribution in [3.05, 3.63) is 29.8 Å². The lowest BCUT2D eigenvalue weighted by Crippen LogP contribution is -2.30. The van der Waals surface area contributed by atoms with E-state index < -0.39 is 0 Å². The number of nitrogens with one attached hydrogen (secondary N) is 1. The first kappa shape index (κ1) is 15.4. The standard InChI is InChI=1S/C15H22N2O2/c1-10(2)7-13(9-16)15(19)17-14-6-4-5-12(8-14)11(3)18/h4-6,8,10,13H,7,9,16H2,1-3H3,(H,17,19). The largest absolute Gasteiger partial charge is 0.330 e. The van der Waals surface area contributed by atoms with E-state index in [1.165, 1.54) is 6.92 Å². The molecule has 0 radical (unpaired) electrons. The smallest absolute Gasteiger partial charge is 0.228 e. The summed E-state index contributed by atoms with van der Waals surface area (Å²) in [4.78, 5) is 23.4. The van der Waals surface area contributed by atoms with Crippen LogP contribution in [-0.4, -0.2) is 18.2 Å². The fourth-order valence-corrected chi connectivity index (χ4v) is 1.94. The summed E-state index contributed by atoms with van der Waals surface area (Å²) in [6, 6.07) is 6.94. The molecule has 0 fully saturated rings. The molecule has 1 amide bonds. The molecule has 0 aliphatic heterocycles. The Labute approximate surface area is 114 Å². The van der Waals surface area contributed by atoms with Crippen molar-refractivity contribution >= 4 is 17.4 Å². The molecule has 1 aromatic carbocycles. The molecule has 0 bridgehead atoms. The van der Waals surface area contributed by atoms with E-state index in [2.05, 4.69) is 19.2 Å². The Morgan fingerprint density at radius 3 is 2.53 bits per heavy atom. The van der Waals surface area contributed by atoms with Crippen LogP contribution in [0.25, 0.3) is 0 Å². The molecule has 0 saturated carbocycles. The van der Waals surface area contributed by atoms with Crippen molar-refractivity contribution in [2.45, 2.75) is 27.2 Å². The third-order valence-electron chi connectivity index (χ3n) is 2.95. The minimum atomic E-state index is -0.194. The van der Waals surface area contributed by atoms with Gasteiger partial charge in [-0.3, -0.25) is 9.59 Å². The van der Waals surface area contributed by atoms with Crippen molar-refractivity contribution < 1.29 is 9.59 Å². The van der Waals surface area contributed by atoms with Gasteiger partial charge in [-0.2, -0.15) is 0 Å². The summed E-state index contributed by atoms with van der Waals surface area (Å²) < 4.78 is 0. The summed E-state index contributed by atoms with van der Waals surface area (Å²) in [5.74, 6) is 0.120. The maximum atomic E-state index is 12.1. The van der Waals surface area contributed by atoms with E-state index in [0.717, 1.165) is 6.42 Å². The quantitative estimate of drug-likeness (QED) is 0.773. The maximum absolute atomic E-state index is 12.1. The molecule has 0 aromatic heterocycles. The number of hydrogen-bond acceptors (Lipinski definition) is 3. The lowest BCUT2D eigenvalue weighted by Gasteiger charge is -2.17. The first-order chi connectivity index (χ1) is 8.93. The Kier molecular flexibility index (Phi) is 5.70. The highest BCUT2D eigenvalue weighted by atomic mass is 16.2. The first-order valence-electron chi connectivity index (χ1n) is 6.56. The first-order valence-corrected chi connectivity index (χ1v) is 6.56. The fourth-order valence-electron chi connectivity index (χ4n) is 1.94. The van der Waals surface area contributed by atoms with Crippen molar-refractivity contribution in [2.24, 2.45) is 17.6 Å². The molecular formula is C15H22N2O2. The molecule has 1 rings (SSSR count). The van der Waals surface area contributed by atoms with Gasteiger partial charge in [0, 0.05) is 17.8 Å². The van der Waals surface area contributed by atoms with E-state index in [1.54, 1.807) is 24.3 Å². The summed E-state index contributed by atoms with van der Waals surface area (Å²) in [6.45, 7) is 5.96. The summed E-state index contributed by atoms with van der Waals surface area (Å²) in [5.41, 5.74) is 6.87. The van der Waals surface area contributed by atoms with E-state index in [0.29, 0.717) is 23.7 Å². The van der Waals surface area contributed by atoms with E-state index in [4.69, 9.17) is 5.73 Å². The molecule has 0 aliphatic carbocycles. The predicted molar refractivity (Wildman–Crippen MR) is 77.1 cm³/mol. The zero-order valence-electron chi connectivity index (χ0n) is 11.8. The average Bonchev–Trinajstić information content (AvgIpc) is 2.35. The van der Waals surface area contributed by atoms with Crippen LogP contribution in [0, 0.1) is 11.8 Å². The van der Waals surface area contributed by atoms with E-state index >= 15 is 0 Å². The molecule has 0 saturated heterocycles. The summed E-state index contributed by atoms with van der Waals surface area (Å²) >= 11 is 0. The highest BCUT2D eigenvalue weighted by molar-refractivity contribution is 5.97. The van der Waals surface area contributed by atoms with Crippen LogP contribution in [-0.2, 0) is 4.79 Å². The number of Topliss-reactive ketones (excluding diaryl/α,β-unsaturated/α-hetero) is 1. The van der Waals surface area contributed by atoms with Crippen molar-refractivity contribution in [2.75, 3.05) is 11.9 Å². The number of ketones is 1. The number of hydrogen-bond donors (Lipinski definition) is 2. The molecule has 104 valence electrons. The van der Waals surface area contributed by atoms with E-state index in [9.17, 15) is 9.59 Å². The molecule has 0 aliphatic rings. The van der Waals surface area contributed by atoms with Gasteiger partial charge >= 0.3 is 0 Å². The van der Waals surface area contributed by atoms with Gasteiger partial charge < -0.3 is 11.1 Å². The van der Waals surface area contributed by atoms with Crippen molar-refractivity contribution in [1.82, 2.24) is 0 Å². The van der Waals surface area contributed by atoms with Crippen LogP contribution >= 0.6 is 0 Å². The van der Waals surface area contributed by atoms with Crippen molar-refractivity contribution in [3.63, 3.8) is 0 Å². The van der Waals surface area contributed by atoms with Crippen molar-refractivity contribution in [3.8, 4) is 0 Å². The SMILES string of the molecule is CC(=O)c1cccc(NC(=O)C(CN)CC(C)C)c1. The van der Waals surface area contributed by atoms with Gasteiger partial charge in [0.2, 0.25) is 5.91 Å². The summed E-state index contributed by atoms with van der Waals surface area (Å²) in [6.07, 6.45) is 0.759. The summed E-state index contributed by atoms with van der Waals surface area (Å²) in [7, 11) is 0. The number of anilines is 1. The average molecular weight is 262 g/mol. The van der Waals surface area contributed by atoms with Crippen LogP contribution in [0.2, 0.25) is 0 Å². The van der Waals surface area contributed by atoms with Crippen LogP contribution in [0.1, 0.15) is 37.6 Å². The molecule has 0 spiro atoms. The zero-order chi connectivity index (χ0) is 14.4. The molecule has 4 heteroatoms.